The summed E-state index contributed by atoms with van der Waals surface area (Å²) >= 11 is 5.18. The van der Waals surface area contributed by atoms with Crippen molar-refractivity contribution in [2.45, 2.75) is 19.4 Å². The smallest absolute Gasteiger partial charge is 0.325 e. The Labute approximate surface area is 239 Å². The first-order valence-electron chi connectivity index (χ1n) is 12.3. The number of ether oxygens (including phenoxy) is 2. The van der Waals surface area contributed by atoms with Gasteiger partial charge in [0.15, 0.2) is 16.7 Å². The molecular formula is C29H25FN4O6S. The molecule has 4 N–H and O–H groups in total. The van der Waals surface area contributed by atoms with E-state index in [1.807, 2.05) is 30.3 Å². The van der Waals surface area contributed by atoms with Gasteiger partial charge >= 0.3 is 5.97 Å². The molecule has 0 aliphatic carbocycles. The number of thiocarbonyl (C=S) groups is 1. The Morgan fingerprint density at radius 1 is 1.02 bits per heavy atom. The van der Waals surface area contributed by atoms with Gasteiger partial charge in [-0.3, -0.25) is 19.4 Å². The van der Waals surface area contributed by atoms with Gasteiger partial charge < -0.3 is 30.5 Å². The number of amides is 2. The fraction of sp³-hybridized carbons (Fsp3) is 0.138. The van der Waals surface area contributed by atoms with Crippen LogP contribution in [0.2, 0.25) is 0 Å². The molecule has 41 heavy (non-hydrogen) atoms. The molecule has 0 radical (unpaired) electrons. The second kappa shape index (κ2) is 12.8. The van der Waals surface area contributed by atoms with E-state index in [1.165, 1.54) is 50.6 Å². The minimum Gasteiger partial charge on any atom is -0.496 e. The number of anilines is 1. The predicted octanol–water partition coefficient (Wildman–Crippen LogP) is 4.43. The highest BCUT2D eigenvalue weighted by Gasteiger charge is 2.21. The fourth-order valence-corrected chi connectivity index (χ4v) is 4.05. The number of pyridine rings is 1. The number of carboxylic acids is 1. The molecule has 2 amide bonds. The van der Waals surface area contributed by atoms with Crippen molar-refractivity contribution in [3.05, 3.63) is 89.9 Å². The zero-order chi connectivity index (χ0) is 29.5. The number of hydrogen-bond acceptors (Lipinski definition) is 7. The lowest BCUT2D eigenvalue weighted by atomic mass is 10.1. The summed E-state index contributed by atoms with van der Waals surface area (Å²) in [5.74, 6) is -2.68. The number of aromatic nitrogens is 1. The minimum atomic E-state index is -1.20. The summed E-state index contributed by atoms with van der Waals surface area (Å²) in [7, 11) is 1.37. The Morgan fingerprint density at radius 3 is 2.46 bits per heavy atom. The van der Waals surface area contributed by atoms with Gasteiger partial charge in [-0.1, -0.05) is 30.3 Å². The van der Waals surface area contributed by atoms with Gasteiger partial charge in [0, 0.05) is 29.4 Å². The quantitative estimate of drug-likeness (QED) is 0.213. The van der Waals surface area contributed by atoms with Gasteiger partial charge in [0.05, 0.1) is 24.6 Å². The maximum Gasteiger partial charge on any atom is 0.325 e. The second-order valence-corrected chi connectivity index (χ2v) is 9.23. The highest BCUT2D eigenvalue weighted by atomic mass is 32.1. The normalized spacial score (nSPS) is 11.3. The number of carboxylic acid groups (broad SMARTS) is 1. The third-order valence-electron chi connectivity index (χ3n) is 5.86. The molecule has 0 bridgehead atoms. The molecule has 0 aliphatic rings. The van der Waals surface area contributed by atoms with Crippen molar-refractivity contribution in [3.8, 4) is 17.2 Å². The molecule has 0 aliphatic heterocycles. The van der Waals surface area contributed by atoms with E-state index in [0.29, 0.717) is 10.9 Å². The van der Waals surface area contributed by atoms with E-state index in [-0.39, 0.29) is 45.9 Å². The zero-order valence-electron chi connectivity index (χ0n) is 21.9. The molecule has 0 saturated heterocycles. The maximum absolute atomic E-state index is 15.0. The zero-order valence-corrected chi connectivity index (χ0v) is 22.8. The maximum atomic E-state index is 15.0. The van der Waals surface area contributed by atoms with E-state index < -0.39 is 23.7 Å². The standard InChI is InChI=1S/C29H25FN4O6S/c1-16(28(37)38)32-27(36)20-14-19-22(15-25(20)39-2)31-11-10-23(19)40-24-9-8-18(13-21(24)30)33-29(41)34-26(35)12-17-6-4-3-5-7-17/h3-11,13-16H,12H2,1-2H3,(H,32,36)(H,37,38)(H2,33,34,35,41). The van der Waals surface area contributed by atoms with Gasteiger partial charge in [-0.15, -0.1) is 0 Å². The summed E-state index contributed by atoms with van der Waals surface area (Å²) in [6.45, 7) is 1.33. The first-order chi connectivity index (χ1) is 19.6. The molecule has 0 saturated carbocycles. The number of benzene rings is 3. The summed E-state index contributed by atoms with van der Waals surface area (Å²) in [4.78, 5) is 40.4. The van der Waals surface area contributed by atoms with Crippen molar-refractivity contribution in [1.29, 1.82) is 0 Å². The average molecular weight is 577 g/mol. The van der Waals surface area contributed by atoms with E-state index in [2.05, 4.69) is 20.9 Å². The Morgan fingerprint density at radius 2 is 1.78 bits per heavy atom. The summed E-state index contributed by atoms with van der Waals surface area (Å²) < 4.78 is 26.2. The predicted molar refractivity (Wildman–Crippen MR) is 154 cm³/mol. The minimum absolute atomic E-state index is 0.0103. The number of nitrogens with one attached hydrogen (secondary N) is 3. The summed E-state index contributed by atoms with van der Waals surface area (Å²) in [5.41, 5.74) is 1.56. The Balaban J connectivity index is 1.50. The third kappa shape index (κ3) is 7.31. The van der Waals surface area contributed by atoms with E-state index in [1.54, 1.807) is 0 Å². The van der Waals surface area contributed by atoms with E-state index in [0.717, 1.165) is 11.6 Å². The van der Waals surface area contributed by atoms with Crippen LogP contribution in [0.15, 0.2) is 72.9 Å². The van der Waals surface area contributed by atoms with E-state index >= 15 is 4.39 Å². The monoisotopic (exact) mass is 576 g/mol. The highest BCUT2D eigenvalue weighted by molar-refractivity contribution is 7.80. The lowest BCUT2D eigenvalue weighted by Crippen LogP contribution is -2.38. The topological polar surface area (TPSA) is 139 Å². The lowest BCUT2D eigenvalue weighted by molar-refractivity contribution is -0.138. The number of fused-ring (bicyclic) bond motifs is 1. The largest absolute Gasteiger partial charge is 0.496 e. The van der Waals surface area contributed by atoms with Crippen molar-refractivity contribution in [3.63, 3.8) is 0 Å². The lowest BCUT2D eigenvalue weighted by Gasteiger charge is -2.15. The summed E-state index contributed by atoms with van der Waals surface area (Å²) in [6, 6.07) is 16.5. The van der Waals surface area contributed by atoms with Gasteiger partial charge in [0.1, 0.15) is 17.5 Å². The third-order valence-corrected chi connectivity index (χ3v) is 6.06. The van der Waals surface area contributed by atoms with Crippen LogP contribution in [-0.4, -0.2) is 46.1 Å². The van der Waals surface area contributed by atoms with Crippen LogP contribution in [0.5, 0.6) is 17.2 Å². The Hall–Kier alpha value is -5.10. The first kappa shape index (κ1) is 28.9. The number of methoxy groups -OCH3 is 1. The molecule has 12 heteroatoms. The van der Waals surface area contributed by atoms with E-state index in [4.69, 9.17) is 26.8 Å². The van der Waals surface area contributed by atoms with Crippen LogP contribution in [0.25, 0.3) is 10.9 Å². The van der Waals surface area contributed by atoms with Gasteiger partial charge in [-0.05, 0) is 49.0 Å². The number of carbonyl (C=O) groups excluding carboxylic acids is 2. The Bertz CT molecular complexity index is 1630. The van der Waals surface area contributed by atoms with Gasteiger partial charge in [0.2, 0.25) is 5.91 Å². The SMILES string of the molecule is COc1cc2nccc(Oc3ccc(NC(=S)NC(=O)Cc4ccccc4)cc3F)c2cc1C(=O)NC(C)C(=O)O. The fourth-order valence-electron chi connectivity index (χ4n) is 3.81. The highest BCUT2D eigenvalue weighted by Crippen LogP contribution is 2.34. The molecule has 1 aromatic heterocycles. The number of halogens is 1. The van der Waals surface area contributed by atoms with Crippen LogP contribution >= 0.6 is 12.2 Å². The van der Waals surface area contributed by atoms with Crippen molar-refractivity contribution >= 4 is 51.7 Å². The van der Waals surface area contributed by atoms with Gasteiger partial charge in [-0.2, -0.15) is 0 Å². The number of nitrogens with zero attached hydrogens (tertiary/aromatic N) is 1. The molecule has 1 heterocycles. The van der Waals surface area contributed by atoms with Gasteiger partial charge in [-0.25, -0.2) is 4.39 Å². The van der Waals surface area contributed by atoms with Crippen LogP contribution in [-0.2, 0) is 16.0 Å². The summed E-state index contributed by atoms with van der Waals surface area (Å²) in [5, 5.41) is 17.2. The van der Waals surface area contributed by atoms with Crippen LogP contribution in [0, 0.1) is 5.82 Å². The molecule has 1 atom stereocenters. The molecule has 0 spiro atoms. The van der Waals surface area contributed by atoms with Crippen LogP contribution in [0.3, 0.4) is 0 Å². The molecule has 1 unspecified atom stereocenters. The van der Waals surface area contributed by atoms with Crippen molar-refractivity contribution in [2.24, 2.45) is 0 Å². The van der Waals surface area contributed by atoms with Crippen LogP contribution < -0.4 is 25.4 Å². The number of aliphatic carboxylic acids is 1. The summed E-state index contributed by atoms with van der Waals surface area (Å²) in [6.07, 6.45) is 1.59. The Kier molecular flexibility index (Phi) is 9.05. The van der Waals surface area contributed by atoms with Crippen LogP contribution in [0.4, 0.5) is 10.1 Å². The molecule has 210 valence electrons. The number of rotatable bonds is 9. The molecule has 3 aromatic carbocycles. The molecule has 4 aromatic rings. The number of carbonyl (C=O) groups is 3. The average Bonchev–Trinajstić information content (AvgIpc) is 2.94. The second-order valence-electron chi connectivity index (χ2n) is 8.82. The van der Waals surface area contributed by atoms with Gasteiger partial charge in [0.25, 0.3) is 5.91 Å². The van der Waals surface area contributed by atoms with E-state index in [9.17, 15) is 14.4 Å². The molecule has 10 nitrogen and oxygen atoms in total. The van der Waals surface area contributed by atoms with Crippen molar-refractivity contribution < 1.29 is 33.4 Å². The van der Waals surface area contributed by atoms with Crippen LogP contribution in [0.1, 0.15) is 22.8 Å². The molecular weight excluding hydrogens is 551 g/mol. The molecule has 4 rings (SSSR count). The van der Waals surface area contributed by atoms with Crippen molar-refractivity contribution in [1.82, 2.24) is 15.6 Å². The first-order valence-corrected chi connectivity index (χ1v) is 12.7. The number of hydrogen-bond donors (Lipinski definition) is 4. The van der Waals surface area contributed by atoms with Crippen molar-refractivity contribution in [2.75, 3.05) is 12.4 Å². The molecule has 0 fully saturated rings.